The van der Waals surface area contributed by atoms with E-state index in [0.717, 1.165) is 38.3 Å². The molecule has 0 aromatic heterocycles. The maximum Gasteiger partial charge on any atom is 0.573 e. The van der Waals surface area contributed by atoms with Crippen molar-refractivity contribution < 1.29 is 17.9 Å². The molecule has 0 bridgehead atoms. The highest BCUT2D eigenvalue weighted by atomic mass is 19.4. The van der Waals surface area contributed by atoms with Crippen molar-refractivity contribution in [3.63, 3.8) is 0 Å². The zero-order chi connectivity index (χ0) is 16.0. The van der Waals surface area contributed by atoms with Gasteiger partial charge in [-0.2, -0.15) is 0 Å². The van der Waals surface area contributed by atoms with Crippen LogP contribution in [0.25, 0.3) is 0 Å². The Hall–Kier alpha value is -1.47. The number of hydrogen-bond acceptors (Lipinski definition) is 4. The minimum absolute atomic E-state index is 0.0761. The van der Waals surface area contributed by atoms with Gasteiger partial charge in [0.05, 0.1) is 6.17 Å². The van der Waals surface area contributed by atoms with E-state index in [4.69, 9.17) is 5.73 Å². The first-order chi connectivity index (χ1) is 10.3. The van der Waals surface area contributed by atoms with Crippen LogP contribution < -0.4 is 15.4 Å². The number of hydrogen-bond donors (Lipinski definition) is 1. The quantitative estimate of drug-likeness (QED) is 0.930. The van der Waals surface area contributed by atoms with Crippen molar-refractivity contribution >= 4 is 5.69 Å². The van der Waals surface area contributed by atoms with E-state index < -0.39 is 6.36 Å². The number of anilines is 1. The number of alkyl halides is 3. The van der Waals surface area contributed by atoms with Gasteiger partial charge in [-0.05, 0) is 37.6 Å². The SMILES string of the molecule is CC(N)N1CCC2(CN(c3ccc(OC(F)(F)F)cc3)C2)C1. The van der Waals surface area contributed by atoms with Crippen LogP contribution in [0.2, 0.25) is 0 Å². The number of benzene rings is 1. The van der Waals surface area contributed by atoms with Gasteiger partial charge in [0.2, 0.25) is 0 Å². The van der Waals surface area contributed by atoms with E-state index in [-0.39, 0.29) is 17.3 Å². The third-order valence-corrected chi connectivity index (χ3v) is 4.53. The first-order valence-electron chi connectivity index (χ1n) is 7.37. The summed E-state index contributed by atoms with van der Waals surface area (Å²) in [4.78, 5) is 4.46. The van der Waals surface area contributed by atoms with Crippen LogP contribution in [0, 0.1) is 5.41 Å². The average Bonchev–Trinajstić information content (AvgIpc) is 2.81. The van der Waals surface area contributed by atoms with Crippen molar-refractivity contribution in [2.75, 3.05) is 31.1 Å². The molecule has 0 amide bonds. The Labute approximate surface area is 127 Å². The number of nitrogens with zero attached hydrogens (tertiary/aromatic N) is 2. The maximum absolute atomic E-state index is 12.1. The van der Waals surface area contributed by atoms with Crippen LogP contribution in [0.15, 0.2) is 24.3 Å². The highest BCUT2D eigenvalue weighted by Gasteiger charge is 2.48. The summed E-state index contributed by atoms with van der Waals surface area (Å²) in [5.41, 5.74) is 7.13. The summed E-state index contributed by atoms with van der Waals surface area (Å²) >= 11 is 0. The van der Waals surface area contributed by atoms with E-state index in [1.165, 1.54) is 12.1 Å². The molecule has 1 atom stereocenters. The number of rotatable bonds is 3. The van der Waals surface area contributed by atoms with Gasteiger partial charge in [-0.25, -0.2) is 0 Å². The molecule has 22 heavy (non-hydrogen) atoms. The lowest BCUT2D eigenvalue weighted by Crippen LogP contribution is -2.58. The second-order valence-corrected chi connectivity index (χ2v) is 6.36. The molecule has 122 valence electrons. The molecule has 1 unspecified atom stereocenters. The predicted molar refractivity (Wildman–Crippen MR) is 77.6 cm³/mol. The molecule has 0 aliphatic carbocycles. The van der Waals surface area contributed by atoms with Gasteiger partial charge >= 0.3 is 6.36 Å². The molecule has 1 aromatic carbocycles. The lowest BCUT2D eigenvalue weighted by atomic mass is 9.78. The summed E-state index contributed by atoms with van der Waals surface area (Å²) in [6.07, 6.45) is -3.44. The van der Waals surface area contributed by atoms with Crippen molar-refractivity contribution in [3.05, 3.63) is 24.3 Å². The van der Waals surface area contributed by atoms with Crippen molar-refractivity contribution in [2.24, 2.45) is 11.1 Å². The van der Waals surface area contributed by atoms with Gasteiger partial charge in [-0.15, -0.1) is 13.2 Å². The Bertz CT molecular complexity index is 524. The molecule has 2 fully saturated rings. The van der Waals surface area contributed by atoms with Gasteiger partial charge in [0.25, 0.3) is 0 Å². The molecule has 1 aromatic rings. The van der Waals surface area contributed by atoms with Gasteiger partial charge in [0.15, 0.2) is 0 Å². The molecular formula is C15H20F3N3O. The molecule has 1 spiro atoms. The molecular weight excluding hydrogens is 295 g/mol. The highest BCUT2D eigenvalue weighted by Crippen LogP contribution is 2.42. The minimum atomic E-state index is -4.64. The van der Waals surface area contributed by atoms with Gasteiger partial charge in [0, 0.05) is 37.3 Å². The molecule has 2 saturated heterocycles. The fourth-order valence-electron chi connectivity index (χ4n) is 3.38. The van der Waals surface area contributed by atoms with E-state index in [2.05, 4.69) is 14.5 Å². The molecule has 2 aliphatic rings. The molecule has 3 rings (SSSR count). The van der Waals surface area contributed by atoms with Gasteiger partial charge in [-0.3, -0.25) is 4.90 Å². The van der Waals surface area contributed by atoms with Crippen LogP contribution in [-0.2, 0) is 0 Å². The van der Waals surface area contributed by atoms with Gasteiger partial charge < -0.3 is 15.4 Å². The Balaban J connectivity index is 1.57. The summed E-state index contributed by atoms with van der Waals surface area (Å²) in [5.74, 6) is -0.185. The number of ether oxygens (including phenoxy) is 1. The van der Waals surface area contributed by atoms with E-state index in [0.29, 0.717) is 0 Å². The normalized spacial score (nSPS) is 22.7. The molecule has 7 heteroatoms. The zero-order valence-electron chi connectivity index (χ0n) is 12.4. The number of likely N-dealkylation sites (tertiary alicyclic amines) is 1. The van der Waals surface area contributed by atoms with Crippen molar-refractivity contribution in [1.29, 1.82) is 0 Å². The third-order valence-electron chi connectivity index (χ3n) is 4.53. The first-order valence-corrected chi connectivity index (χ1v) is 7.37. The van der Waals surface area contributed by atoms with Crippen LogP contribution in [0.4, 0.5) is 18.9 Å². The van der Waals surface area contributed by atoms with Crippen LogP contribution in [0.5, 0.6) is 5.75 Å². The summed E-state index contributed by atoms with van der Waals surface area (Å²) in [5, 5.41) is 0. The summed E-state index contributed by atoms with van der Waals surface area (Å²) in [6.45, 7) is 5.86. The monoisotopic (exact) mass is 315 g/mol. The van der Waals surface area contributed by atoms with Crippen LogP contribution in [0.1, 0.15) is 13.3 Å². The topological polar surface area (TPSA) is 41.7 Å². The van der Waals surface area contributed by atoms with E-state index in [1.54, 1.807) is 12.1 Å². The molecule has 2 N–H and O–H groups in total. The van der Waals surface area contributed by atoms with Crippen LogP contribution in [0.3, 0.4) is 0 Å². The van der Waals surface area contributed by atoms with Crippen molar-refractivity contribution in [1.82, 2.24) is 4.90 Å². The van der Waals surface area contributed by atoms with E-state index in [1.807, 2.05) is 6.92 Å². The second-order valence-electron chi connectivity index (χ2n) is 6.36. The fraction of sp³-hybridized carbons (Fsp3) is 0.600. The molecule has 0 saturated carbocycles. The third kappa shape index (κ3) is 3.15. The Kier molecular flexibility index (Phi) is 3.72. The molecule has 4 nitrogen and oxygen atoms in total. The van der Waals surface area contributed by atoms with E-state index >= 15 is 0 Å². The van der Waals surface area contributed by atoms with Crippen LogP contribution >= 0.6 is 0 Å². The fourth-order valence-corrected chi connectivity index (χ4v) is 3.38. The Morgan fingerprint density at radius 2 is 1.82 bits per heavy atom. The van der Waals surface area contributed by atoms with Crippen LogP contribution in [-0.4, -0.2) is 43.6 Å². The van der Waals surface area contributed by atoms with Crippen molar-refractivity contribution in [3.8, 4) is 5.75 Å². The standard InChI is InChI=1S/C15H20F3N3O/c1-11(19)20-7-6-14(8-20)9-21(10-14)12-2-4-13(5-3-12)22-15(16,17)18/h2-5,11H,6-10,19H2,1H3. The first kappa shape index (κ1) is 15.4. The molecule has 0 radical (unpaired) electrons. The lowest BCUT2D eigenvalue weighted by Gasteiger charge is -2.49. The van der Waals surface area contributed by atoms with Gasteiger partial charge in [-0.1, -0.05) is 0 Å². The zero-order valence-corrected chi connectivity index (χ0v) is 12.4. The number of halogens is 3. The smallest absolute Gasteiger partial charge is 0.406 e. The maximum atomic E-state index is 12.1. The minimum Gasteiger partial charge on any atom is -0.406 e. The van der Waals surface area contributed by atoms with Crippen molar-refractivity contribution in [2.45, 2.75) is 25.9 Å². The molecule has 2 heterocycles. The molecule has 2 aliphatic heterocycles. The Morgan fingerprint density at radius 1 is 1.18 bits per heavy atom. The second kappa shape index (κ2) is 5.31. The highest BCUT2D eigenvalue weighted by molar-refractivity contribution is 5.52. The summed E-state index contributed by atoms with van der Waals surface area (Å²) < 4.78 is 40.3. The lowest BCUT2D eigenvalue weighted by molar-refractivity contribution is -0.274. The summed E-state index contributed by atoms with van der Waals surface area (Å²) in [6, 6.07) is 6.06. The largest absolute Gasteiger partial charge is 0.573 e. The average molecular weight is 315 g/mol. The summed E-state index contributed by atoms with van der Waals surface area (Å²) in [7, 11) is 0. The van der Waals surface area contributed by atoms with E-state index in [9.17, 15) is 13.2 Å². The predicted octanol–water partition coefficient (Wildman–Crippen LogP) is 2.40. The Morgan fingerprint density at radius 3 is 2.32 bits per heavy atom. The number of nitrogens with two attached hydrogens (primary N) is 1. The van der Waals surface area contributed by atoms with Gasteiger partial charge in [0.1, 0.15) is 5.75 Å².